The van der Waals surface area contributed by atoms with Crippen molar-refractivity contribution in [1.29, 1.82) is 0 Å². The summed E-state index contributed by atoms with van der Waals surface area (Å²) in [7, 11) is -4.02. The minimum atomic E-state index is -4.11. The summed E-state index contributed by atoms with van der Waals surface area (Å²) in [5, 5.41) is 13.2. The van der Waals surface area contributed by atoms with Crippen LogP contribution < -0.4 is 38.1 Å². The molecule has 6 amide bonds. The molecule has 17 nitrogen and oxygen atoms in total. The second kappa shape index (κ2) is 25.7. The van der Waals surface area contributed by atoms with Gasteiger partial charge in [-0.15, -0.1) is 0 Å². The highest BCUT2D eigenvalue weighted by Crippen LogP contribution is 2.44. The Kier molecular flexibility index (Phi) is 19.9. The number of hydrogen-bond acceptors (Lipinski definition) is 10. The summed E-state index contributed by atoms with van der Waals surface area (Å²) < 4.78 is 49.7. The van der Waals surface area contributed by atoms with Gasteiger partial charge in [-0.1, -0.05) is 91.9 Å². The number of primary amides is 1. The standard InChI is InChI=1S/C49H60F2N7O10P/c1-3-31-18-22-33(23-19-31)45(61)54-27-11-9-17-41(46(62)55-30(2)44(60)56-40(43(53)59)16-8-10-26-52)57-47(63)42(28-32-20-24-34(25-21-32)49(50,51)68-69(65)66)58-48(64)67-29-39-37-14-6-4-12-35(37)36-13-5-7-15-38(36)39/h4-7,12-15,18-25,30,39-42,69H,3,8-11,16-17,26-29,52H2,1-2H3,(H2,53,59)(H,54,61)(H,55,62)(H,56,60)(H,57,63)(H,58,64)(H,65,66). The van der Waals surface area contributed by atoms with Gasteiger partial charge in [-0.3, -0.25) is 28.5 Å². The van der Waals surface area contributed by atoms with E-state index in [0.717, 1.165) is 46.4 Å². The number of benzene rings is 4. The van der Waals surface area contributed by atoms with Gasteiger partial charge in [-0.05, 0) is 104 Å². The molecule has 1 aliphatic carbocycles. The fourth-order valence-corrected chi connectivity index (χ4v) is 8.23. The van der Waals surface area contributed by atoms with Gasteiger partial charge >= 0.3 is 20.5 Å². The molecule has 0 bridgehead atoms. The van der Waals surface area contributed by atoms with Gasteiger partial charge in [0.05, 0.1) is 5.56 Å². The fraction of sp³-hybridized carbons (Fsp3) is 0.388. The van der Waals surface area contributed by atoms with E-state index >= 15 is 0 Å². The Balaban J connectivity index is 1.34. The van der Waals surface area contributed by atoms with Crippen LogP contribution in [0.2, 0.25) is 0 Å². The van der Waals surface area contributed by atoms with Crippen molar-refractivity contribution in [3.05, 3.63) is 130 Å². The van der Waals surface area contributed by atoms with Gasteiger partial charge in [0.15, 0.2) is 0 Å². The highest BCUT2D eigenvalue weighted by atomic mass is 31.1. The largest absolute Gasteiger partial charge is 0.449 e. The molecule has 0 radical (unpaired) electrons. The van der Waals surface area contributed by atoms with E-state index in [4.69, 9.17) is 21.1 Å². The highest BCUT2D eigenvalue weighted by molar-refractivity contribution is 7.32. The lowest BCUT2D eigenvalue weighted by molar-refractivity contribution is -0.185. The van der Waals surface area contributed by atoms with Crippen LogP contribution in [-0.4, -0.2) is 84.4 Å². The van der Waals surface area contributed by atoms with Crippen LogP contribution in [0.25, 0.3) is 11.1 Å². The minimum absolute atomic E-state index is 0.00851. The smallest absolute Gasteiger partial charge is 0.407 e. The minimum Gasteiger partial charge on any atom is -0.449 e. The molecule has 0 heterocycles. The van der Waals surface area contributed by atoms with Crippen molar-refractivity contribution in [2.24, 2.45) is 11.5 Å². The first-order valence-corrected chi connectivity index (χ1v) is 24.1. The number of hydrogen-bond donors (Lipinski definition) is 8. The molecule has 0 spiro atoms. The van der Waals surface area contributed by atoms with Crippen molar-refractivity contribution < 1.29 is 56.3 Å². The molecule has 0 aromatic heterocycles. The second-order valence-corrected chi connectivity index (χ2v) is 17.4. The molecule has 0 fully saturated rings. The first-order chi connectivity index (χ1) is 33.0. The van der Waals surface area contributed by atoms with Crippen LogP contribution in [0.5, 0.6) is 0 Å². The molecule has 4 aromatic rings. The number of ether oxygens (including phenoxy) is 1. The maximum atomic E-state index is 14.5. The van der Waals surface area contributed by atoms with E-state index in [0.29, 0.717) is 31.4 Å². The van der Waals surface area contributed by atoms with Gasteiger partial charge in [0.1, 0.15) is 30.8 Å². The second-order valence-electron chi connectivity index (χ2n) is 16.6. The Bertz CT molecular complexity index is 2400. The van der Waals surface area contributed by atoms with Crippen LogP contribution in [-0.2, 0) is 52.0 Å². The third kappa shape index (κ3) is 15.5. The van der Waals surface area contributed by atoms with E-state index in [1.54, 1.807) is 12.1 Å². The van der Waals surface area contributed by atoms with E-state index < -0.39 is 73.8 Å². The third-order valence-electron chi connectivity index (χ3n) is 11.7. The van der Waals surface area contributed by atoms with Crippen LogP contribution in [0, 0.1) is 0 Å². The number of nitrogens with two attached hydrogens (primary N) is 2. The van der Waals surface area contributed by atoms with Crippen LogP contribution >= 0.6 is 8.25 Å². The molecule has 0 aliphatic heterocycles. The van der Waals surface area contributed by atoms with Crippen molar-refractivity contribution >= 4 is 43.9 Å². The average molecular weight is 976 g/mol. The number of unbranched alkanes of at least 4 members (excludes halogenated alkanes) is 2. The molecule has 10 N–H and O–H groups in total. The summed E-state index contributed by atoms with van der Waals surface area (Å²) >= 11 is 0. The van der Waals surface area contributed by atoms with Crippen LogP contribution in [0.3, 0.4) is 0 Å². The molecular weight excluding hydrogens is 916 g/mol. The van der Waals surface area contributed by atoms with Crippen LogP contribution in [0.4, 0.5) is 13.6 Å². The van der Waals surface area contributed by atoms with Crippen molar-refractivity contribution in [3.63, 3.8) is 0 Å². The normalized spacial score (nSPS) is 14.2. The summed E-state index contributed by atoms with van der Waals surface area (Å²) in [6, 6.07) is 21.8. The summed E-state index contributed by atoms with van der Waals surface area (Å²) in [6.07, 6.45) is -2.65. The van der Waals surface area contributed by atoms with Crippen molar-refractivity contribution in [2.75, 3.05) is 19.7 Å². The summed E-state index contributed by atoms with van der Waals surface area (Å²) in [4.78, 5) is 89.1. The Labute approximate surface area is 399 Å². The number of nitrogens with one attached hydrogen (secondary N) is 5. The van der Waals surface area contributed by atoms with Crippen LogP contribution in [0.15, 0.2) is 97.1 Å². The number of rotatable bonds is 26. The van der Waals surface area contributed by atoms with E-state index in [1.807, 2.05) is 67.6 Å². The van der Waals surface area contributed by atoms with Gasteiger partial charge in [-0.2, -0.15) is 8.78 Å². The molecule has 69 heavy (non-hydrogen) atoms. The molecule has 0 saturated heterocycles. The van der Waals surface area contributed by atoms with Gasteiger partial charge in [0.2, 0.25) is 23.6 Å². The number of carbonyl (C=O) groups is 6. The number of halogens is 2. The first kappa shape index (κ1) is 53.4. The van der Waals surface area contributed by atoms with Crippen molar-refractivity contribution in [3.8, 4) is 11.1 Å². The lowest BCUT2D eigenvalue weighted by Gasteiger charge is -2.25. The zero-order chi connectivity index (χ0) is 50.1. The van der Waals surface area contributed by atoms with Gasteiger partial charge in [0.25, 0.3) is 5.91 Å². The molecule has 1 aliphatic rings. The zero-order valence-corrected chi connectivity index (χ0v) is 39.4. The van der Waals surface area contributed by atoms with Gasteiger partial charge < -0.3 is 47.7 Å². The SMILES string of the molecule is CCc1ccc(C(=O)NCCCCC(NC(=O)C(Cc2ccc(C(F)(F)O[PH](=O)O)cc2)NC(=O)OCC2c3ccccc3-c3ccccc32)C(=O)NC(C)C(=O)NC(CCCCN)C(N)=O)cc1. The number of aryl methyl sites for hydroxylation is 1. The molecule has 5 rings (SSSR count). The zero-order valence-electron chi connectivity index (χ0n) is 38.4. The van der Waals surface area contributed by atoms with Gasteiger partial charge in [-0.25, -0.2) is 9.32 Å². The summed E-state index contributed by atoms with van der Waals surface area (Å²) in [6.45, 7) is 3.86. The molecule has 370 valence electrons. The van der Waals surface area contributed by atoms with Crippen LogP contribution in [0.1, 0.15) is 96.5 Å². The molecule has 4 aromatic carbocycles. The molecular formula is C49H60F2N7O10P. The highest BCUT2D eigenvalue weighted by Gasteiger charge is 2.36. The maximum Gasteiger partial charge on any atom is 0.407 e. The lowest BCUT2D eigenvalue weighted by atomic mass is 9.98. The first-order valence-electron chi connectivity index (χ1n) is 22.8. The fourth-order valence-electron chi connectivity index (χ4n) is 7.90. The number of fused-ring (bicyclic) bond motifs is 3. The molecule has 5 atom stereocenters. The van der Waals surface area contributed by atoms with E-state index in [2.05, 4.69) is 31.1 Å². The summed E-state index contributed by atoms with van der Waals surface area (Å²) in [5.41, 5.74) is 16.0. The molecule has 5 unspecified atom stereocenters. The topological polar surface area (TPSA) is 270 Å². The molecule has 0 saturated carbocycles. The number of alkyl carbamates (subject to hydrolysis) is 1. The third-order valence-corrected chi connectivity index (χ3v) is 12.1. The number of alkyl halides is 2. The Morgan fingerprint density at radius 1 is 0.725 bits per heavy atom. The van der Waals surface area contributed by atoms with Gasteiger partial charge in [0, 0.05) is 24.4 Å². The lowest BCUT2D eigenvalue weighted by Crippen LogP contribution is -2.57. The quantitative estimate of drug-likeness (QED) is 0.0312. The Morgan fingerprint density at radius 2 is 1.29 bits per heavy atom. The molecule has 20 heteroatoms. The monoisotopic (exact) mass is 975 g/mol. The number of carbonyl (C=O) groups excluding carboxylic acids is 6. The predicted octanol–water partition coefficient (Wildman–Crippen LogP) is 4.84. The van der Waals surface area contributed by atoms with E-state index in [1.165, 1.54) is 19.1 Å². The van der Waals surface area contributed by atoms with E-state index in [9.17, 15) is 42.1 Å². The number of amides is 6. The van der Waals surface area contributed by atoms with E-state index in [-0.39, 0.29) is 56.2 Å². The Hall–Kier alpha value is -6.53. The summed E-state index contributed by atoms with van der Waals surface area (Å²) in [5.74, 6) is -3.80. The average Bonchev–Trinajstić information content (AvgIpc) is 3.65. The Morgan fingerprint density at radius 3 is 1.88 bits per heavy atom. The maximum absolute atomic E-state index is 14.5. The predicted molar refractivity (Wildman–Crippen MR) is 254 cm³/mol. The van der Waals surface area contributed by atoms with Crippen molar-refractivity contribution in [1.82, 2.24) is 26.6 Å². The van der Waals surface area contributed by atoms with Crippen molar-refractivity contribution in [2.45, 2.75) is 101 Å².